The van der Waals surface area contributed by atoms with Crippen LogP contribution >= 0.6 is 0 Å². The second-order valence-corrected chi connectivity index (χ2v) is 11.3. The van der Waals surface area contributed by atoms with Gasteiger partial charge in [-0.25, -0.2) is 18.2 Å². The molecule has 2 aromatic heterocycles. The van der Waals surface area contributed by atoms with Gasteiger partial charge in [-0.3, -0.25) is 9.59 Å². The number of para-hydroxylation sites is 1. The first-order chi connectivity index (χ1) is 18.7. The zero-order valence-corrected chi connectivity index (χ0v) is 21.9. The molecule has 1 aromatic carbocycles. The number of likely N-dealkylation sites (tertiary alicyclic amines) is 1. The number of ketones is 1. The average molecular weight is 554 g/mol. The molecule has 2 aliphatic heterocycles. The maximum atomic E-state index is 13.5. The van der Waals surface area contributed by atoms with Gasteiger partial charge in [-0.15, -0.1) is 0 Å². The number of nitrogens with one attached hydrogen (secondary N) is 1. The lowest BCUT2D eigenvalue weighted by Crippen LogP contribution is -2.53. The second kappa shape index (κ2) is 10.6. The summed E-state index contributed by atoms with van der Waals surface area (Å²) in [6.07, 6.45) is 1.26. The van der Waals surface area contributed by atoms with Gasteiger partial charge < -0.3 is 20.2 Å². The van der Waals surface area contributed by atoms with Crippen molar-refractivity contribution < 1.29 is 32.3 Å². The van der Waals surface area contributed by atoms with Crippen LogP contribution in [0.15, 0.2) is 65.8 Å². The molecule has 12 nitrogen and oxygen atoms in total. The number of amides is 2. The van der Waals surface area contributed by atoms with Crippen molar-refractivity contribution in [2.45, 2.75) is 49.3 Å². The largest absolute Gasteiger partial charge is 0.618 e. The number of pyridine rings is 2. The van der Waals surface area contributed by atoms with Crippen LogP contribution in [0.1, 0.15) is 26.2 Å². The summed E-state index contributed by atoms with van der Waals surface area (Å²) in [5, 5.41) is 15.1. The standard InChI is InChI=1S/C26H27N5O7S/c1-2-7-19(28-26(34)38-22-12-11-17-8-3-4-9-18(17)27-22)25(33)29-15-13-20-24(29)21(32)16-31(20)39(36,37)23-10-5-6-14-30(23)35/h3-6,8-12,14,19-20,24H,2,7,13,15-16H2,1H3,(H,28,34). The molecule has 4 heterocycles. The Bertz CT molecular complexity index is 1550. The number of hydrogen-bond acceptors (Lipinski definition) is 8. The van der Waals surface area contributed by atoms with Crippen molar-refractivity contribution in [2.75, 3.05) is 13.1 Å². The van der Waals surface area contributed by atoms with Crippen LogP contribution < -0.4 is 14.8 Å². The Morgan fingerprint density at radius 3 is 2.72 bits per heavy atom. The van der Waals surface area contributed by atoms with Crippen LogP contribution in [-0.2, 0) is 19.6 Å². The van der Waals surface area contributed by atoms with Gasteiger partial charge in [0.05, 0.1) is 18.1 Å². The predicted octanol–water partition coefficient (Wildman–Crippen LogP) is 1.37. The van der Waals surface area contributed by atoms with E-state index in [1.807, 2.05) is 25.1 Å². The summed E-state index contributed by atoms with van der Waals surface area (Å²) in [6.45, 7) is 1.52. The van der Waals surface area contributed by atoms with E-state index in [1.165, 1.54) is 23.1 Å². The average Bonchev–Trinajstić information content (AvgIpc) is 3.49. The molecule has 2 fully saturated rings. The van der Waals surface area contributed by atoms with E-state index < -0.39 is 57.5 Å². The maximum Gasteiger partial charge on any atom is 0.414 e. The highest BCUT2D eigenvalue weighted by Crippen LogP contribution is 2.34. The summed E-state index contributed by atoms with van der Waals surface area (Å²) in [4.78, 5) is 44.8. The smallest absolute Gasteiger partial charge is 0.414 e. The van der Waals surface area contributed by atoms with E-state index in [4.69, 9.17) is 4.74 Å². The second-order valence-electron chi connectivity index (χ2n) is 9.43. The molecule has 13 heteroatoms. The third-order valence-corrected chi connectivity index (χ3v) is 8.82. The van der Waals surface area contributed by atoms with Crippen molar-refractivity contribution in [3.8, 4) is 5.88 Å². The molecule has 2 aliphatic rings. The van der Waals surface area contributed by atoms with Gasteiger partial charge >= 0.3 is 21.1 Å². The van der Waals surface area contributed by atoms with Crippen molar-refractivity contribution in [2.24, 2.45) is 0 Å². The minimum atomic E-state index is -4.28. The molecule has 3 unspecified atom stereocenters. The van der Waals surface area contributed by atoms with Crippen LogP contribution in [0, 0.1) is 5.21 Å². The lowest BCUT2D eigenvalue weighted by atomic mass is 10.1. The lowest BCUT2D eigenvalue weighted by molar-refractivity contribution is -0.646. The van der Waals surface area contributed by atoms with Crippen LogP contribution in [-0.4, -0.2) is 71.6 Å². The number of ether oxygens (including phenoxy) is 1. The number of hydrogen-bond donors (Lipinski definition) is 1. The molecule has 5 rings (SSSR count). The van der Waals surface area contributed by atoms with Gasteiger partial charge in [0.25, 0.3) is 0 Å². The highest BCUT2D eigenvalue weighted by Gasteiger charge is 2.55. The molecule has 3 aromatic rings. The van der Waals surface area contributed by atoms with Crippen molar-refractivity contribution >= 4 is 38.7 Å². The summed E-state index contributed by atoms with van der Waals surface area (Å²) < 4.78 is 33.0. The quantitative estimate of drug-likeness (QED) is 0.340. The minimum Gasteiger partial charge on any atom is -0.618 e. The fraction of sp³-hybridized carbons (Fsp3) is 0.346. The fourth-order valence-corrected chi connectivity index (χ4v) is 6.84. The molecule has 204 valence electrons. The highest BCUT2D eigenvalue weighted by atomic mass is 32.2. The molecular formula is C26H27N5O7S. The molecule has 0 bridgehead atoms. The zero-order chi connectivity index (χ0) is 27.7. The SMILES string of the molecule is CCCC(NC(=O)Oc1ccc2ccccc2n1)C(=O)N1CCC2C1C(=O)CN2S(=O)(=O)c1cccc[n+]1[O-]. The van der Waals surface area contributed by atoms with E-state index in [1.54, 1.807) is 18.2 Å². The molecule has 2 amide bonds. The Kier molecular flexibility index (Phi) is 7.19. The van der Waals surface area contributed by atoms with Gasteiger partial charge in [-0.1, -0.05) is 31.5 Å². The summed E-state index contributed by atoms with van der Waals surface area (Å²) in [5.41, 5.74) is 0.643. The number of fused-ring (bicyclic) bond motifs is 2. The van der Waals surface area contributed by atoms with E-state index in [-0.39, 0.29) is 30.0 Å². The topological polar surface area (TPSA) is 153 Å². The third-order valence-electron chi connectivity index (χ3n) is 6.96. The van der Waals surface area contributed by atoms with E-state index >= 15 is 0 Å². The maximum absolute atomic E-state index is 13.5. The molecule has 0 aliphatic carbocycles. The number of aromatic nitrogens is 2. The lowest BCUT2D eigenvalue weighted by Gasteiger charge is -2.27. The monoisotopic (exact) mass is 553 g/mol. The van der Waals surface area contributed by atoms with E-state index in [0.717, 1.165) is 15.9 Å². The van der Waals surface area contributed by atoms with Crippen molar-refractivity contribution in [1.29, 1.82) is 0 Å². The molecular weight excluding hydrogens is 526 g/mol. The van der Waals surface area contributed by atoms with Crippen molar-refractivity contribution in [3.63, 3.8) is 0 Å². The van der Waals surface area contributed by atoms with Gasteiger partial charge in [-0.2, -0.15) is 9.04 Å². The first-order valence-corrected chi connectivity index (χ1v) is 14.0. The molecule has 1 N–H and O–H groups in total. The van der Waals surface area contributed by atoms with Crippen molar-refractivity contribution in [1.82, 2.24) is 19.5 Å². The third kappa shape index (κ3) is 5.02. The molecule has 2 saturated heterocycles. The normalized spacial score (nSPS) is 20.1. The van der Waals surface area contributed by atoms with E-state index in [0.29, 0.717) is 11.9 Å². The van der Waals surface area contributed by atoms with Gasteiger partial charge in [0.2, 0.25) is 11.8 Å². The summed E-state index contributed by atoms with van der Waals surface area (Å²) in [6, 6.07) is 11.9. The van der Waals surface area contributed by atoms with Crippen LogP contribution in [0.25, 0.3) is 10.9 Å². The number of Topliss-reactive ketones (excluding diaryl/α,β-unsaturated/α-hetero) is 1. The van der Waals surface area contributed by atoms with E-state index in [2.05, 4.69) is 10.3 Å². The number of benzene rings is 1. The van der Waals surface area contributed by atoms with Gasteiger partial charge in [0.15, 0.2) is 12.0 Å². The van der Waals surface area contributed by atoms with Gasteiger partial charge in [-0.05, 0) is 31.0 Å². The number of carbonyl (C=O) groups is 3. The molecule has 0 saturated carbocycles. The van der Waals surface area contributed by atoms with Crippen LogP contribution in [0.2, 0.25) is 0 Å². The van der Waals surface area contributed by atoms with Crippen LogP contribution in [0.4, 0.5) is 4.79 Å². The number of rotatable bonds is 7. The summed E-state index contributed by atoms with van der Waals surface area (Å²) in [5.74, 6) is -0.876. The first-order valence-electron chi connectivity index (χ1n) is 12.6. The van der Waals surface area contributed by atoms with Crippen LogP contribution in [0.3, 0.4) is 0 Å². The fourth-order valence-electron chi connectivity index (χ4n) is 5.19. The first kappa shape index (κ1) is 26.5. The highest BCUT2D eigenvalue weighted by molar-refractivity contribution is 7.89. The number of sulfonamides is 1. The Labute approximate surface area is 224 Å². The Balaban J connectivity index is 1.30. The zero-order valence-electron chi connectivity index (χ0n) is 21.1. The number of carbonyl (C=O) groups excluding carboxylic acids is 3. The Morgan fingerprint density at radius 2 is 1.95 bits per heavy atom. The predicted molar refractivity (Wildman–Crippen MR) is 138 cm³/mol. The summed E-state index contributed by atoms with van der Waals surface area (Å²) >= 11 is 0. The van der Waals surface area contributed by atoms with Gasteiger partial charge in [0, 0.05) is 30.1 Å². The molecule has 39 heavy (non-hydrogen) atoms. The van der Waals surface area contributed by atoms with Crippen LogP contribution in [0.5, 0.6) is 5.88 Å². The summed E-state index contributed by atoms with van der Waals surface area (Å²) in [7, 11) is -4.28. The minimum absolute atomic E-state index is 0.0680. The molecule has 0 spiro atoms. The Morgan fingerprint density at radius 1 is 1.18 bits per heavy atom. The van der Waals surface area contributed by atoms with E-state index in [9.17, 15) is 28.0 Å². The Hall–Kier alpha value is -4.10. The van der Waals surface area contributed by atoms with Crippen molar-refractivity contribution in [3.05, 3.63) is 66.0 Å². The molecule has 0 radical (unpaired) electrons. The molecule has 3 atom stereocenters. The number of nitrogens with zero attached hydrogens (tertiary/aromatic N) is 4. The van der Waals surface area contributed by atoms with Gasteiger partial charge in [0.1, 0.15) is 12.1 Å².